The van der Waals surface area contributed by atoms with E-state index < -0.39 is 5.82 Å². The lowest BCUT2D eigenvalue weighted by Crippen LogP contribution is -2.05. The van der Waals surface area contributed by atoms with Crippen LogP contribution in [0.3, 0.4) is 0 Å². The maximum Gasteiger partial charge on any atom is 0.194 e. The van der Waals surface area contributed by atoms with Gasteiger partial charge in [-0.1, -0.05) is 42.5 Å². The lowest BCUT2D eigenvalue weighted by atomic mass is 9.90. The first-order valence-corrected chi connectivity index (χ1v) is 8.25. The molecule has 0 saturated carbocycles. The van der Waals surface area contributed by atoms with E-state index in [0.717, 1.165) is 5.56 Å². The zero-order valence-corrected chi connectivity index (χ0v) is 13.7. The Hall–Kier alpha value is -3.27. The van der Waals surface area contributed by atoms with Crippen LogP contribution in [-0.4, -0.2) is 5.78 Å². The third-order valence-electron chi connectivity index (χ3n) is 4.53. The van der Waals surface area contributed by atoms with Crippen molar-refractivity contribution in [2.45, 2.75) is 5.92 Å². The van der Waals surface area contributed by atoms with Crippen LogP contribution in [0.2, 0.25) is 0 Å². The largest absolute Gasteiger partial charge is 0.361 e. The van der Waals surface area contributed by atoms with Crippen molar-refractivity contribution in [1.82, 2.24) is 0 Å². The summed E-state index contributed by atoms with van der Waals surface area (Å²) in [6.45, 7) is 0. The summed E-state index contributed by atoms with van der Waals surface area (Å²) in [6.07, 6.45) is 1.59. The fourth-order valence-corrected chi connectivity index (χ4v) is 3.32. The summed E-state index contributed by atoms with van der Waals surface area (Å²) in [4.78, 5) is 12.9. The molecule has 0 unspecified atom stereocenters. The van der Waals surface area contributed by atoms with E-state index in [1.54, 1.807) is 30.5 Å². The van der Waals surface area contributed by atoms with Crippen molar-refractivity contribution in [1.29, 1.82) is 0 Å². The summed E-state index contributed by atoms with van der Waals surface area (Å²) in [7, 11) is 0. The molecule has 4 heteroatoms. The molecule has 0 bridgehead atoms. The van der Waals surface area contributed by atoms with Gasteiger partial charge in [-0.05, 0) is 41.5 Å². The molecule has 3 aromatic carbocycles. The Labute approximate surface area is 149 Å². The summed E-state index contributed by atoms with van der Waals surface area (Å²) in [6, 6.07) is 20.1. The summed E-state index contributed by atoms with van der Waals surface area (Å²) in [5, 5.41) is 3.03. The Balaban J connectivity index is 1.79. The van der Waals surface area contributed by atoms with Crippen molar-refractivity contribution in [3.05, 3.63) is 113 Å². The number of allylic oxidation sites excluding steroid dienone is 1. The third-order valence-corrected chi connectivity index (χ3v) is 4.53. The summed E-state index contributed by atoms with van der Waals surface area (Å²) < 4.78 is 27.4. The average Bonchev–Trinajstić information content (AvgIpc) is 2.95. The topological polar surface area (TPSA) is 29.1 Å². The molecule has 26 heavy (non-hydrogen) atoms. The van der Waals surface area contributed by atoms with Crippen molar-refractivity contribution < 1.29 is 13.6 Å². The summed E-state index contributed by atoms with van der Waals surface area (Å²) in [5.74, 6) is -1.53. The van der Waals surface area contributed by atoms with Gasteiger partial charge in [0.05, 0.1) is 5.56 Å². The van der Waals surface area contributed by atoms with E-state index in [-0.39, 0.29) is 23.1 Å². The first-order chi connectivity index (χ1) is 12.6. The second-order valence-corrected chi connectivity index (χ2v) is 6.13. The molecule has 1 atom stereocenters. The maximum absolute atomic E-state index is 14.3. The number of ketones is 1. The molecule has 3 aromatic rings. The van der Waals surface area contributed by atoms with Gasteiger partial charge in [0, 0.05) is 23.4 Å². The van der Waals surface area contributed by atoms with Crippen molar-refractivity contribution in [2.75, 3.05) is 5.32 Å². The van der Waals surface area contributed by atoms with Gasteiger partial charge >= 0.3 is 0 Å². The molecule has 1 aliphatic carbocycles. The lowest BCUT2D eigenvalue weighted by Gasteiger charge is -2.14. The van der Waals surface area contributed by atoms with Gasteiger partial charge in [-0.3, -0.25) is 4.79 Å². The number of carbonyl (C=O) groups is 1. The molecule has 0 heterocycles. The number of nitrogens with one attached hydrogen (secondary N) is 1. The Morgan fingerprint density at radius 1 is 0.846 bits per heavy atom. The number of Topliss-reactive ketones (excluding diaryl/α,β-unsaturated/α-hetero) is 1. The fraction of sp³-hybridized carbons (Fsp3) is 0.0455. The van der Waals surface area contributed by atoms with Crippen LogP contribution >= 0.6 is 0 Å². The van der Waals surface area contributed by atoms with Gasteiger partial charge in [-0.25, -0.2) is 8.78 Å². The van der Waals surface area contributed by atoms with Crippen LogP contribution in [0.1, 0.15) is 27.4 Å². The van der Waals surface area contributed by atoms with Crippen molar-refractivity contribution >= 4 is 11.5 Å². The number of hydrogen-bond acceptors (Lipinski definition) is 2. The number of fused-ring (bicyclic) bond motifs is 1. The summed E-state index contributed by atoms with van der Waals surface area (Å²) >= 11 is 0. The van der Waals surface area contributed by atoms with Crippen molar-refractivity contribution in [3.63, 3.8) is 0 Å². The van der Waals surface area contributed by atoms with Crippen LogP contribution in [0, 0.1) is 11.6 Å². The van der Waals surface area contributed by atoms with Gasteiger partial charge < -0.3 is 5.32 Å². The number of hydrogen-bond donors (Lipinski definition) is 1. The minimum absolute atomic E-state index is 0.119. The van der Waals surface area contributed by atoms with Crippen LogP contribution in [0.5, 0.6) is 0 Å². The van der Waals surface area contributed by atoms with Gasteiger partial charge in [-0.2, -0.15) is 0 Å². The standard InChI is InChI=1S/C22H15F2NO/c23-15-9-11-16(12-10-15)25-13-18-20(14-5-2-1-3-6-14)17-7-4-8-19(24)21(17)22(18)26/h1-13,20,25H/b18-13-/t20-/m1/s1. The molecule has 1 N–H and O–H groups in total. The lowest BCUT2D eigenvalue weighted by molar-refractivity contribution is 0.103. The molecular formula is C22H15F2NO. The Kier molecular flexibility index (Phi) is 4.09. The zero-order chi connectivity index (χ0) is 18.1. The smallest absolute Gasteiger partial charge is 0.194 e. The minimum atomic E-state index is -0.515. The van der Waals surface area contributed by atoms with E-state index >= 15 is 0 Å². The predicted molar refractivity (Wildman–Crippen MR) is 97.1 cm³/mol. The molecule has 0 spiro atoms. The maximum atomic E-state index is 14.3. The minimum Gasteiger partial charge on any atom is -0.361 e. The van der Waals surface area contributed by atoms with Gasteiger partial charge in [-0.15, -0.1) is 0 Å². The number of rotatable bonds is 3. The molecule has 0 saturated heterocycles. The molecule has 1 aliphatic rings. The van der Waals surface area contributed by atoms with Crippen LogP contribution < -0.4 is 5.32 Å². The normalized spacial score (nSPS) is 17.4. The molecule has 0 fully saturated rings. The second-order valence-electron chi connectivity index (χ2n) is 6.13. The van der Waals surface area contributed by atoms with Crippen LogP contribution in [0.4, 0.5) is 14.5 Å². The molecular weight excluding hydrogens is 332 g/mol. The third kappa shape index (κ3) is 2.80. The molecule has 2 nitrogen and oxygen atoms in total. The van der Waals surface area contributed by atoms with Gasteiger partial charge in [0.1, 0.15) is 11.6 Å². The van der Waals surface area contributed by atoms with Gasteiger partial charge in [0.15, 0.2) is 5.78 Å². The monoisotopic (exact) mass is 347 g/mol. The highest BCUT2D eigenvalue weighted by Crippen LogP contribution is 2.42. The number of carbonyl (C=O) groups excluding carboxylic acids is 1. The average molecular weight is 347 g/mol. The highest BCUT2D eigenvalue weighted by atomic mass is 19.1. The molecule has 128 valence electrons. The van der Waals surface area contributed by atoms with Crippen molar-refractivity contribution in [3.8, 4) is 0 Å². The number of halogens is 2. The van der Waals surface area contributed by atoms with Gasteiger partial charge in [0.25, 0.3) is 0 Å². The molecule has 4 rings (SSSR count). The van der Waals surface area contributed by atoms with Crippen molar-refractivity contribution in [2.24, 2.45) is 0 Å². The van der Waals surface area contributed by atoms with Gasteiger partial charge in [0.2, 0.25) is 0 Å². The van der Waals surface area contributed by atoms with E-state index in [1.165, 1.54) is 18.2 Å². The SMILES string of the molecule is O=C1/C(=C\Nc2ccc(F)cc2)[C@H](c2ccccc2)c2cccc(F)c21. The second kappa shape index (κ2) is 6.56. The van der Waals surface area contributed by atoms with E-state index in [2.05, 4.69) is 5.32 Å². The Morgan fingerprint density at radius 3 is 2.31 bits per heavy atom. The van der Waals surface area contributed by atoms with Crippen LogP contribution in [-0.2, 0) is 0 Å². The first-order valence-electron chi connectivity index (χ1n) is 8.25. The number of benzene rings is 3. The van der Waals surface area contributed by atoms with E-state index in [9.17, 15) is 13.6 Å². The molecule has 0 radical (unpaired) electrons. The fourth-order valence-electron chi connectivity index (χ4n) is 3.32. The molecule has 0 aromatic heterocycles. The van der Waals surface area contributed by atoms with Crippen LogP contribution in [0.15, 0.2) is 84.6 Å². The zero-order valence-electron chi connectivity index (χ0n) is 13.7. The quantitative estimate of drug-likeness (QED) is 0.652. The first kappa shape index (κ1) is 16.2. The summed E-state index contributed by atoms with van der Waals surface area (Å²) in [5.41, 5.74) is 2.80. The highest BCUT2D eigenvalue weighted by molar-refractivity contribution is 6.15. The Bertz CT molecular complexity index is 994. The molecule has 0 amide bonds. The Morgan fingerprint density at radius 2 is 1.58 bits per heavy atom. The number of anilines is 1. The molecule has 0 aliphatic heterocycles. The van der Waals surface area contributed by atoms with Crippen LogP contribution in [0.25, 0.3) is 0 Å². The predicted octanol–water partition coefficient (Wildman–Crippen LogP) is 5.29. The van der Waals surface area contributed by atoms with E-state index in [4.69, 9.17) is 0 Å². The highest BCUT2D eigenvalue weighted by Gasteiger charge is 2.37. The van der Waals surface area contributed by atoms with E-state index in [0.29, 0.717) is 16.8 Å². The van der Waals surface area contributed by atoms with E-state index in [1.807, 2.05) is 30.3 Å².